The number of rotatable bonds is 4. The van der Waals surface area contributed by atoms with Crippen LogP contribution in [-0.4, -0.2) is 61.0 Å². The number of aryl methyl sites for hydroxylation is 2. The lowest BCUT2D eigenvalue weighted by atomic mass is 9.90. The highest BCUT2D eigenvalue weighted by molar-refractivity contribution is 6.07. The van der Waals surface area contributed by atoms with Crippen molar-refractivity contribution in [2.24, 2.45) is 0 Å². The van der Waals surface area contributed by atoms with Crippen molar-refractivity contribution >= 4 is 23.7 Å². The Bertz CT molecular complexity index is 1090. The van der Waals surface area contributed by atoms with Crippen LogP contribution in [0.5, 0.6) is 5.75 Å². The number of urea groups is 1. The van der Waals surface area contributed by atoms with E-state index in [0.717, 1.165) is 16.9 Å². The molecule has 9 heteroatoms. The molecule has 9 nitrogen and oxygen atoms in total. The van der Waals surface area contributed by atoms with Crippen LogP contribution >= 0.6 is 0 Å². The topological polar surface area (TPSA) is 104 Å². The van der Waals surface area contributed by atoms with Crippen LogP contribution in [0.2, 0.25) is 0 Å². The van der Waals surface area contributed by atoms with Crippen molar-refractivity contribution < 1.29 is 19.1 Å². The fourth-order valence-electron chi connectivity index (χ4n) is 4.31. The van der Waals surface area contributed by atoms with Crippen molar-refractivity contribution in [2.75, 3.05) is 38.2 Å². The van der Waals surface area contributed by atoms with Gasteiger partial charge in [0.25, 0.3) is 11.8 Å². The highest BCUT2D eigenvalue weighted by Gasteiger charge is 2.45. The molecule has 0 saturated carbocycles. The van der Waals surface area contributed by atoms with Gasteiger partial charge < -0.3 is 19.9 Å². The fraction of sp³-hybridized carbons (Fsp3) is 0.391. The molecule has 1 aromatic heterocycles. The molecule has 2 saturated heterocycles. The standard InChI is InChI=1S/C23H27N5O4/c1-14-11-15(2)19(24-13-14)27-7-9-28(10-8-27)20(29)16-5-6-17(18(12-16)32-4)23(3)21(30)25-22(31)26-23/h5-6,11-13H,7-10H2,1-4H3,(H2,25,26,30,31). The summed E-state index contributed by atoms with van der Waals surface area (Å²) in [7, 11) is 1.47. The molecule has 4 rings (SSSR count). The molecule has 2 aliphatic heterocycles. The zero-order chi connectivity index (χ0) is 23.0. The maximum absolute atomic E-state index is 13.1. The molecule has 32 heavy (non-hydrogen) atoms. The molecule has 168 valence electrons. The number of imide groups is 1. The molecular weight excluding hydrogens is 410 g/mol. The summed E-state index contributed by atoms with van der Waals surface area (Å²) in [5, 5.41) is 4.87. The van der Waals surface area contributed by atoms with Crippen molar-refractivity contribution in [1.82, 2.24) is 20.5 Å². The maximum atomic E-state index is 13.1. The minimum Gasteiger partial charge on any atom is -0.496 e. The Morgan fingerprint density at radius 3 is 2.44 bits per heavy atom. The van der Waals surface area contributed by atoms with Gasteiger partial charge >= 0.3 is 6.03 Å². The summed E-state index contributed by atoms with van der Waals surface area (Å²) in [5.41, 5.74) is 1.96. The summed E-state index contributed by atoms with van der Waals surface area (Å²) in [6.07, 6.45) is 1.86. The predicted octanol–water partition coefficient (Wildman–Crippen LogP) is 1.72. The molecule has 2 aliphatic rings. The number of pyridine rings is 1. The van der Waals surface area contributed by atoms with Crippen molar-refractivity contribution in [2.45, 2.75) is 26.3 Å². The lowest BCUT2D eigenvalue weighted by molar-refractivity contribution is -0.123. The van der Waals surface area contributed by atoms with E-state index in [9.17, 15) is 14.4 Å². The lowest BCUT2D eigenvalue weighted by Gasteiger charge is -2.36. The summed E-state index contributed by atoms with van der Waals surface area (Å²) in [5.74, 6) is 0.761. The molecule has 2 aromatic rings. The zero-order valence-electron chi connectivity index (χ0n) is 18.7. The molecule has 2 N–H and O–H groups in total. The van der Waals surface area contributed by atoms with Crippen molar-refractivity contribution in [3.63, 3.8) is 0 Å². The largest absolute Gasteiger partial charge is 0.496 e. The van der Waals surface area contributed by atoms with Gasteiger partial charge in [0.15, 0.2) is 0 Å². The third-order valence-corrected chi connectivity index (χ3v) is 6.09. The van der Waals surface area contributed by atoms with Gasteiger partial charge in [-0.15, -0.1) is 0 Å². The number of piperazine rings is 1. The Morgan fingerprint density at radius 2 is 1.84 bits per heavy atom. The third-order valence-electron chi connectivity index (χ3n) is 6.09. The monoisotopic (exact) mass is 437 g/mol. The second-order valence-electron chi connectivity index (χ2n) is 8.38. The SMILES string of the molecule is COc1cc(C(=O)N2CCN(c3ncc(C)cc3C)CC2)ccc1C1(C)NC(=O)NC1=O. The van der Waals surface area contributed by atoms with Gasteiger partial charge in [0.05, 0.1) is 7.11 Å². The Labute approximate surface area is 186 Å². The first-order valence-corrected chi connectivity index (χ1v) is 10.5. The molecule has 1 unspecified atom stereocenters. The molecule has 3 heterocycles. The number of hydrogen-bond acceptors (Lipinski definition) is 6. The van der Waals surface area contributed by atoms with Crippen LogP contribution in [-0.2, 0) is 10.3 Å². The summed E-state index contributed by atoms with van der Waals surface area (Å²) in [4.78, 5) is 45.6. The van der Waals surface area contributed by atoms with Crippen molar-refractivity contribution in [3.8, 4) is 5.75 Å². The Hall–Kier alpha value is -3.62. The van der Waals surface area contributed by atoms with E-state index in [1.807, 2.05) is 20.0 Å². The zero-order valence-corrected chi connectivity index (χ0v) is 18.7. The Balaban J connectivity index is 1.49. The van der Waals surface area contributed by atoms with Gasteiger partial charge in [-0.1, -0.05) is 12.1 Å². The fourth-order valence-corrected chi connectivity index (χ4v) is 4.31. The Kier molecular flexibility index (Phi) is 5.50. The van der Waals surface area contributed by atoms with Crippen LogP contribution in [0.25, 0.3) is 0 Å². The third kappa shape index (κ3) is 3.74. The van der Waals surface area contributed by atoms with E-state index < -0.39 is 17.5 Å². The number of methoxy groups -OCH3 is 1. The number of benzene rings is 1. The summed E-state index contributed by atoms with van der Waals surface area (Å²) >= 11 is 0. The number of aromatic nitrogens is 1. The van der Waals surface area contributed by atoms with Crippen LogP contribution in [0, 0.1) is 13.8 Å². The van der Waals surface area contributed by atoms with Crippen LogP contribution in [0.4, 0.5) is 10.6 Å². The highest BCUT2D eigenvalue weighted by atomic mass is 16.5. The molecule has 4 amide bonds. The summed E-state index contributed by atoms with van der Waals surface area (Å²) < 4.78 is 5.46. The normalized spacial score (nSPS) is 20.8. The molecule has 0 bridgehead atoms. The summed E-state index contributed by atoms with van der Waals surface area (Å²) in [6, 6.07) is 6.50. The highest BCUT2D eigenvalue weighted by Crippen LogP contribution is 2.33. The van der Waals surface area contributed by atoms with Crippen LogP contribution in [0.1, 0.15) is 34.0 Å². The van der Waals surface area contributed by atoms with E-state index >= 15 is 0 Å². The predicted molar refractivity (Wildman–Crippen MR) is 119 cm³/mol. The maximum Gasteiger partial charge on any atom is 0.322 e. The average molecular weight is 438 g/mol. The molecule has 2 fully saturated rings. The minimum atomic E-state index is -1.26. The van der Waals surface area contributed by atoms with E-state index in [1.165, 1.54) is 7.11 Å². The summed E-state index contributed by atoms with van der Waals surface area (Å²) in [6.45, 7) is 8.22. The van der Waals surface area contributed by atoms with Crippen LogP contribution in [0.15, 0.2) is 30.5 Å². The van der Waals surface area contributed by atoms with Crippen molar-refractivity contribution in [3.05, 3.63) is 52.7 Å². The Morgan fingerprint density at radius 1 is 1.12 bits per heavy atom. The van der Waals surface area contributed by atoms with Crippen LogP contribution in [0.3, 0.4) is 0 Å². The van der Waals surface area contributed by atoms with Gasteiger partial charge in [0.2, 0.25) is 0 Å². The van der Waals surface area contributed by atoms with Gasteiger partial charge in [-0.2, -0.15) is 0 Å². The van der Waals surface area contributed by atoms with Gasteiger partial charge in [0, 0.05) is 43.5 Å². The first-order chi connectivity index (χ1) is 15.2. The number of ether oxygens (including phenoxy) is 1. The first kappa shape index (κ1) is 21.6. The number of amides is 4. The minimum absolute atomic E-state index is 0.104. The van der Waals surface area contributed by atoms with Gasteiger partial charge in [-0.3, -0.25) is 14.9 Å². The lowest BCUT2D eigenvalue weighted by Crippen LogP contribution is -2.49. The number of anilines is 1. The van der Waals surface area contributed by atoms with E-state index in [0.29, 0.717) is 43.1 Å². The molecule has 0 spiro atoms. The second kappa shape index (κ2) is 8.14. The molecule has 0 aliphatic carbocycles. The number of hydrogen-bond donors (Lipinski definition) is 2. The van der Waals surface area contributed by atoms with Gasteiger partial charge in [-0.25, -0.2) is 9.78 Å². The van der Waals surface area contributed by atoms with E-state index in [-0.39, 0.29) is 5.91 Å². The smallest absolute Gasteiger partial charge is 0.322 e. The van der Waals surface area contributed by atoms with E-state index in [2.05, 4.69) is 26.6 Å². The number of nitrogens with one attached hydrogen (secondary N) is 2. The van der Waals surface area contributed by atoms with Gasteiger partial charge in [0.1, 0.15) is 17.1 Å². The van der Waals surface area contributed by atoms with Crippen molar-refractivity contribution in [1.29, 1.82) is 0 Å². The first-order valence-electron chi connectivity index (χ1n) is 10.5. The van der Waals surface area contributed by atoms with Gasteiger partial charge in [-0.05, 0) is 44.0 Å². The average Bonchev–Trinajstić information content (AvgIpc) is 3.05. The number of nitrogens with zero attached hydrogens (tertiary/aromatic N) is 3. The second-order valence-corrected chi connectivity index (χ2v) is 8.38. The molecule has 1 aromatic carbocycles. The van der Waals surface area contributed by atoms with Crippen LogP contribution < -0.4 is 20.3 Å². The molecular formula is C23H27N5O4. The number of carbonyl (C=O) groups is 3. The van der Waals surface area contributed by atoms with E-state index in [1.54, 1.807) is 30.0 Å². The molecule has 1 atom stereocenters. The van der Waals surface area contributed by atoms with E-state index in [4.69, 9.17) is 4.74 Å². The molecule has 0 radical (unpaired) electrons. The number of carbonyl (C=O) groups excluding carboxylic acids is 3. The quantitative estimate of drug-likeness (QED) is 0.706.